The second-order valence-corrected chi connectivity index (χ2v) is 12.4. The number of hydrogen-bond acceptors (Lipinski definition) is 12. The van der Waals surface area contributed by atoms with Crippen molar-refractivity contribution in [2.75, 3.05) is 23.9 Å². The Kier molecular flexibility index (Phi) is 8.07. The van der Waals surface area contributed by atoms with E-state index in [-0.39, 0.29) is 17.2 Å². The Morgan fingerprint density at radius 3 is 2.55 bits per heavy atom. The number of aromatic nitrogens is 2. The number of carbonyl (C=O) groups is 1. The number of amides is 1. The highest BCUT2D eigenvalue weighted by molar-refractivity contribution is 8.14. The van der Waals surface area contributed by atoms with Gasteiger partial charge in [-0.1, -0.05) is 59.5 Å². The highest BCUT2D eigenvalue weighted by atomic mass is 32.2. The van der Waals surface area contributed by atoms with Gasteiger partial charge in [0.05, 0.1) is 5.04 Å². The van der Waals surface area contributed by atoms with Crippen LogP contribution >= 0.6 is 34.9 Å². The van der Waals surface area contributed by atoms with Crippen LogP contribution in [0, 0.1) is 0 Å². The summed E-state index contributed by atoms with van der Waals surface area (Å²) in [5.74, 6) is 2.17. The number of fused-ring (bicyclic) bond motifs is 2. The van der Waals surface area contributed by atoms with Gasteiger partial charge in [-0.25, -0.2) is 0 Å². The average Bonchev–Trinajstić information content (AvgIpc) is 3.74. The number of nitrogens with zero attached hydrogens (tertiary/aromatic N) is 4. The molecule has 1 aliphatic heterocycles. The van der Waals surface area contributed by atoms with E-state index in [1.165, 1.54) is 11.3 Å². The number of furan rings is 2. The van der Waals surface area contributed by atoms with E-state index >= 15 is 0 Å². The summed E-state index contributed by atoms with van der Waals surface area (Å²) in [5, 5.41) is 35.5. The molecule has 2 unspecified atom stereocenters. The Hall–Kier alpha value is -3.36. The number of rotatable bonds is 11. The standard InChI is InChI=1S/C27H26N6O4S3/c1-33-27(29-25(35)21-15-17-7-3-5-9-19(17)37-21)40-23(32-33)11-13-38-12-10-22-30-31-26(39-22)28-24(34)20-14-16-6-2-4-8-18(16)36-20/h2-9,14-15,25,27,29,35H,10-13H2,1H3,(H,28,31,34). The number of hydrazone groups is 1. The van der Waals surface area contributed by atoms with Gasteiger partial charge < -0.3 is 13.9 Å². The number of aryl methyl sites for hydroxylation is 1. The summed E-state index contributed by atoms with van der Waals surface area (Å²) in [5.41, 5.74) is 1.23. The molecular weight excluding hydrogens is 569 g/mol. The summed E-state index contributed by atoms with van der Waals surface area (Å²) in [6, 6.07) is 18.7. The number of carbonyl (C=O) groups excluding carboxylic acids is 1. The first kappa shape index (κ1) is 26.8. The van der Waals surface area contributed by atoms with E-state index in [4.69, 9.17) is 8.83 Å². The van der Waals surface area contributed by atoms with Gasteiger partial charge in [0.25, 0.3) is 5.91 Å². The second kappa shape index (κ2) is 12.0. The second-order valence-electron chi connectivity index (χ2n) is 9.01. The lowest BCUT2D eigenvalue weighted by Gasteiger charge is -2.21. The Bertz CT molecular complexity index is 1600. The van der Waals surface area contributed by atoms with E-state index < -0.39 is 6.23 Å². The molecule has 0 saturated heterocycles. The smallest absolute Gasteiger partial charge is 0.293 e. The minimum absolute atomic E-state index is 0.183. The molecule has 0 saturated carbocycles. The highest BCUT2D eigenvalue weighted by Crippen LogP contribution is 2.29. The molecule has 6 rings (SSSR count). The van der Waals surface area contributed by atoms with Crippen molar-refractivity contribution in [2.45, 2.75) is 24.6 Å². The number of hydrogen-bond donors (Lipinski definition) is 3. The lowest BCUT2D eigenvalue weighted by molar-refractivity contribution is 0.0894. The molecule has 4 heterocycles. The third-order valence-electron chi connectivity index (χ3n) is 6.13. The molecular formula is C27H26N6O4S3. The largest absolute Gasteiger partial charge is 0.457 e. The first-order chi connectivity index (χ1) is 19.5. The molecule has 13 heteroatoms. The maximum absolute atomic E-state index is 12.5. The van der Waals surface area contributed by atoms with Gasteiger partial charge in [-0.15, -0.1) is 10.2 Å². The maximum atomic E-state index is 12.5. The molecule has 0 fully saturated rings. The third-order valence-corrected chi connectivity index (χ3v) is 9.23. The first-order valence-corrected chi connectivity index (χ1v) is 15.5. The Morgan fingerprint density at radius 1 is 1.05 bits per heavy atom. The maximum Gasteiger partial charge on any atom is 0.293 e. The van der Waals surface area contributed by atoms with Crippen LogP contribution in [-0.4, -0.2) is 55.3 Å². The molecule has 1 amide bonds. The number of nitrogens with one attached hydrogen (secondary N) is 2. The molecule has 206 valence electrons. The summed E-state index contributed by atoms with van der Waals surface area (Å²) >= 11 is 4.77. The summed E-state index contributed by atoms with van der Waals surface area (Å²) in [7, 11) is 1.89. The zero-order valence-corrected chi connectivity index (χ0v) is 23.9. The third kappa shape index (κ3) is 6.18. The van der Waals surface area contributed by atoms with Crippen LogP contribution in [0.1, 0.15) is 34.0 Å². The van der Waals surface area contributed by atoms with Crippen LogP contribution in [0.2, 0.25) is 0 Å². The zero-order chi connectivity index (χ0) is 27.5. The molecule has 0 bridgehead atoms. The number of aliphatic hydroxyl groups is 1. The SMILES string of the molecule is CN1N=C(CCSCCc2nnc(NC(=O)c3cc4ccccc4o3)s2)SC1NC(O)c1cc2ccccc2o1. The number of benzene rings is 2. The number of para-hydroxylation sites is 2. The van der Waals surface area contributed by atoms with Gasteiger partial charge in [0, 0.05) is 30.7 Å². The van der Waals surface area contributed by atoms with Crippen LogP contribution in [0.5, 0.6) is 0 Å². The molecule has 0 radical (unpaired) electrons. The molecule has 1 aliphatic rings. The van der Waals surface area contributed by atoms with E-state index in [1.807, 2.05) is 78.4 Å². The zero-order valence-electron chi connectivity index (χ0n) is 21.4. The van der Waals surface area contributed by atoms with Crippen molar-refractivity contribution < 1.29 is 18.7 Å². The van der Waals surface area contributed by atoms with E-state index in [0.717, 1.165) is 50.8 Å². The molecule has 5 aromatic rings. The molecule has 2 aromatic carbocycles. The van der Waals surface area contributed by atoms with Crippen LogP contribution in [0.15, 0.2) is 74.6 Å². The van der Waals surface area contributed by atoms with Crippen molar-refractivity contribution in [3.63, 3.8) is 0 Å². The van der Waals surface area contributed by atoms with Crippen molar-refractivity contribution in [2.24, 2.45) is 5.10 Å². The average molecular weight is 595 g/mol. The quantitative estimate of drug-likeness (QED) is 0.133. The summed E-state index contributed by atoms with van der Waals surface area (Å²) in [4.78, 5) is 12.5. The van der Waals surface area contributed by atoms with Crippen molar-refractivity contribution in [3.8, 4) is 0 Å². The number of aliphatic hydroxyl groups excluding tert-OH is 1. The number of thioether (sulfide) groups is 2. The van der Waals surface area contributed by atoms with Crippen LogP contribution in [0.4, 0.5) is 5.13 Å². The predicted octanol–water partition coefficient (Wildman–Crippen LogP) is 5.51. The van der Waals surface area contributed by atoms with Gasteiger partial charge >= 0.3 is 0 Å². The fourth-order valence-corrected chi connectivity index (χ4v) is 7.06. The fraction of sp³-hybridized carbons (Fsp3) is 0.259. The molecule has 0 aliphatic carbocycles. The van der Waals surface area contributed by atoms with E-state index in [2.05, 4.69) is 25.9 Å². The van der Waals surface area contributed by atoms with Gasteiger partial charge in [0.2, 0.25) is 5.13 Å². The van der Waals surface area contributed by atoms with E-state index in [9.17, 15) is 9.90 Å². The minimum Gasteiger partial charge on any atom is -0.457 e. The minimum atomic E-state index is -0.934. The topological polar surface area (TPSA) is 129 Å². The van der Waals surface area contributed by atoms with Crippen molar-refractivity contribution in [3.05, 3.63) is 77.2 Å². The number of anilines is 1. The van der Waals surface area contributed by atoms with Crippen molar-refractivity contribution >= 4 is 72.9 Å². The molecule has 0 spiro atoms. The Labute approximate surface area is 242 Å². The molecule has 10 nitrogen and oxygen atoms in total. The van der Waals surface area contributed by atoms with Gasteiger partial charge in [0.1, 0.15) is 21.9 Å². The first-order valence-electron chi connectivity index (χ1n) is 12.6. The molecule has 2 atom stereocenters. The van der Waals surface area contributed by atoms with Gasteiger partial charge in [0.15, 0.2) is 17.5 Å². The fourth-order valence-electron chi connectivity index (χ4n) is 4.14. The monoisotopic (exact) mass is 594 g/mol. The summed E-state index contributed by atoms with van der Waals surface area (Å²) in [6.07, 6.45) is 0.653. The van der Waals surface area contributed by atoms with Gasteiger partial charge in [-0.2, -0.15) is 16.9 Å². The lowest BCUT2D eigenvalue weighted by Crippen LogP contribution is -2.37. The van der Waals surface area contributed by atoms with Crippen LogP contribution < -0.4 is 10.6 Å². The molecule has 3 aromatic heterocycles. The lowest BCUT2D eigenvalue weighted by atomic mass is 10.2. The summed E-state index contributed by atoms with van der Waals surface area (Å²) < 4.78 is 11.4. The van der Waals surface area contributed by atoms with Crippen LogP contribution in [0.3, 0.4) is 0 Å². The normalized spacial score (nSPS) is 16.1. The van der Waals surface area contributed by atoms with Crippen LogP contribution in [-0.2, 0) is 6.42 Å². The highest BCUT2D eigenvalue weighted by Gasteiger charge is 2.27. The molecule has 3 N–H and O–H groups in total. The Balaban J connectivity index is 0.908. The Morgan fingerprint density at radius 2 is 1.77 bits per heavy atom. The van der Waals surface area contributed by atoms with Crippen molar-refractivity contribution in [1.82, 2.24) is 20.5 Å². The van der Waals surface area contributed by atoms with Gasteiger partial charge in [-0.05, 0) is 35.8 Å². The van der Waals surface area contributed by atoms with Crippen molar-refractivity contribution in [1.29, 1.82) is 0 Å². The van der Waals surface area contributed by atoms with Gasteiger partial charge in [-0.3, -0.25) is 20.4 Å². The molecule has 40 heavy (non-hydrogen) atoms. The predicted molar refractivity (Wildman–Crippen MR) is 161 cm³/mol. The van der Waals surface area contributed by atoms with E-state index in [0.29, 0.717) is 16.5 Å². The summed E-state index contributed by atoms with van der Waals surface area (Å²) in [6.45, 7) is 0. The van der Waals surface area contributed by atoms with Crippen LogP contribution in [0.25, 0.3) is 21.9 Å². The van der Waals surface area contributed by atoms with E-state index in [1.54, 1.807) is 17.8 Å².